The van der Waals surface area contributed by atoms with E-state index in [0.29, 0.717) is 6.54 Å². The topological polar surface area (TPSA) is 26.0 Å². The van der Waals surface area contributed by atoms with Crippen LogP contribution in [0.4, 0.5) is 0 Å². The SMILES string of the molecule is Cl.NCc1csc(-c2ccc(Cl)cc2)c1. The zero-order valence-corrected chi connectivity index (χ0v) is 10.3. The van der Waals surface area contributed by atoms with Crippen LogP contribution < -0.4 is 5.73 Å². The minimum Gasteiger partial charge on any atom is -0.326 e. The molecule has 0 fully saturated rings. The van der Waals surface area contributed by atoms with Gasteiger partial charge in [0.1, 0.15) is 0 Å². The molecule has 0 unspecified atom stereocenters. The molecular weight excluding hydrogens is 249 g/mol. The van der Waals surface area contributed by atoms with Crippen molar-refractivity contribution in [3.63, 3.8) is 0 Å². The smallest absolute Gasteiger partial charge is 0.0406 e. The van der Waals surface area contributed by atoms with E-state index in [1.807, 2.05) is 24.3 Å². The summed E-state index contributed by atoms with van der Waals surface area (Å²) in [5.41, 5.74) is 7.93. The molecule has 0 spiro atoms. The average molecular weight is 260 g/mol. The zero-order chi connectivity index (χ0) is 9.97. The Hall–Kier alpha value is -0.540. The van der Waals surface area contributed by atoms with Crippen molar-refractivity contribution in [2.45, 2.75) is 6.54 Å². The quantitative estimate of drug-likeness (QED) is 0.869. The summed E-state index contributed by atoms with van der Waals surface area (Å²) in [6.45, 7) is 0.601. The van der Waals surface area contributed by atoms with E-state index in [-0.39, 0.29) is 12.4 Å². The van der Waals surface area contributed by atoms with Crippen molar-refractivity contribution in [3.8, 4) is 10.4 Å². The summed E-state index contributed by atoms with van der Waals surface area (Å²) in [7, 11) is 0. The Morgan fingerprint density at radius 3 is 2.40 bits per heavy atom. The second-order valence-electron chi connectivity index (χ2n) is 3.03. The molecule has 0 saturated carbocycles. The summed E-state index contributed by atoms with van der Waals surface area (Å²) in [4.78, 5) is 1.24. The minimum atomic E-state index is 0. The molecule has 2 rings (SSSR count). The van der Waals surface area contributed by atoms with E-state index < -0.39 is 0 Å². The third-order valence-electron chi connectivity index (χ3n) is 2.02. The van der Waals surface area contributed by atoms with Crippen LogP contribution >= 0.6 is 35.3 Å². The molecule has 0 bridgehead atoms. The van der Waals surface area contributed by atoms with Crippen LogP contribution in [0.15, 0.2) is 35.7 Å². The molecule has 15 heavy (non-hydrogen) atoms. The van der Waals surface area contributed by atoms with Crippen LogP contribution in [0, 0.1) is 0 Å². The molecule has 0 saturated heterocycles. The molecule has 4 heteroatoms. The van der Waals surface area contributed by atoms with Crippen LogP contribution in [-0.2, 0) is 6.54 Å². The summed E-state index contributed by atoms with van der Waals surface area (Å²) < 4.78 is 0. The average Bonchev–Trinajstić information content (AvgIpc) is 2.67. The first-order valence-electron chi connectivity index (χ1n) is 4.33. The molecule has 2 N–H and O–H groups in total. The number of nitrogens with two attached hydrogens (primary N) is 1. The van der Waals surface area contributed by atoms with Crippen molar-refractivity contribution in [3.05, 3.63) is 46.3 Å². The predicted octanol–water partition coefficient (Wildman–Crippen LogP) is 3.95. The fourth-order valence-electron chi connectivity index (χ4n) is 1.25. The maximum atomic E-state index is 5.82. The Morgan fingerprint density at radius 2 is 1.87 bits per heavy atom. The number of rotatable bonds is 2. The Kier molecular flexibility index (Phi) is 4.61. The molecule has 0 radical (unpaired) electrons. The maximum absolute atomic E-state index is 5.82. The van der Waals surface area contributed by atoms with Gasteiger partial charge >= 0.3 is 0 Å². The first-order chi connectivity index (χ1) is 6.79. The van der Waals surface area contributed by atoms with E-state index in [1.165, 1.54) is 16.0 Å². The van der Waals surface area contributed by atoms with Crippen LogP contribution in [0.3, 0.4) is 0 Å². The second-order valence-corrected chi connectivity index (χ2v) is 4.38. The highest BCUT2D eigenvalue weighted by Crippen LogP contribution is 2.27. The molecule has 1 heterocycles. The van der Waals surface area contributed by atoms with E-state index in [2.05, 4.69) is 11.4 Å². The van der Waals surface area contributed by atoms with E-state index in [0.717, 1.165) is 5.02 Å². The molecule has 0 amide bonds. The fourth-order valence-corrected chi connectivity index (χ4v) is 2.31. The molecule has 2 aromatic rings. The van der Waals surface area contributed by atoms with Crippen molar-refractivity contribution in [1.29, 1.82) is 0 Å². The summed E-state index contributed by atoms with van der Waals surface area (Å²) >= 11 is 7.53. The molecular formula is C11H11Cl2NS. The standard InChI is InChI=1S/C11H10ClNS.ClH/c12-10-3-1-9(2-4-10)11-5-8(6-13)7-14-11;/h1-5,7H,6,13H2;1H. The Bertz CT molecular complexity index is 422. The monoisotopic (exact) mass is 259 g/mol. The van der Waals surface area contributed by atoms with Gasteiger partial charge in [0.05, 0.1) is 0 Å². The lowest BCUT2D eigenvalue weighted by Crippen LogP contribution is -1.92. The summed E-state index contributed by atoms with van der Waals surface area (Å²) in [5, 5.41) is 2.86. The van der Waals surface area contributed by atoms with Crippen LogP contribution in [0.25, 0.3) is 10.4 Å². The lowest BCUT2D eigenvalue weighted by molar-refractivity contribution is 1.08. The van der Waals surface area contributed by atoms with Crippen molar-refractivity contribution in [1.82, 2.24) is 0 Å². The summed E-state index contributed by atoms with van der Waals surface area (Å²) in [6.07, 6.45) is 0. The Morgan fingerprint density at radius 1 is 1.20 bits per heavy atom. The maximum Gasteiger partial charge on any atom is 0.0406 e. The van der Waals surface area contributed by atoms with Gasteiger partial charge in [-0.2, -0.15) is 0 Å². The number of benzene rings is 1. The van der Waals surface area contributed by atoms with Gasteiger partial charge in [-0.05, 0) is 34.7 Å². The summed E-state index contributed by atoms with van der Waals surface area (Å²) in [6, 6.07) is 9.97. The van der Waals surface area contributed by atoms with E-state index >= 15 is 0 Å². The van der Waals surface area contributed by atoms with Gasteiger partial charge < -0.3 is 5.73 Å². The number of thiophene rings is 1. The molecule has 0 aliphatic rings. The Labute approximate surface area is 104 Å². The minimum absolute atomic E-state index is 0. The molecule has 0 aliphatic heterocycles. The van der Waals surface area contributed by atoms with Crippen LogP contribution in [0.2, 0.25) is 5.02 Å². The number of halogens is 2. The van der Waals surface area contributed by atoms with Crippen molar-refractivity contribution in [2.24, 2.45) is 5.73 Å². The van der Waals surface area contributed by atoms with E-state index in [9.17, 15) is 0 Å². The second kappa shape index (κ2) is 5.52. The van der Waals surface area contributed by atoms with Crippen LogP contribution in [0.1, 0.15) is 5.56 Å². The third kappa shape index (κ3) is 2.95. The first-order valence-corrected chi connectivity index (χ1v) is 5.59. The van der Waals surface area contributed by atoms with Gasteiger partial charge in [0, 0.05) is 16.4 Å². The van der Waals surface area contributed by atoms with Gasteiger partial charge in [-0.1, -0.05) is 23.7 Å². The molecule has 0 aliphatic carbocycles. The highest BCUT2D eigenvalue weighted by Gasteiger charge is 2.01. The van der Waals surface area contributed by atoms with Crippen molar-refractivity contribution in [2.75, 3.05) is 0 Å². The van der Waals surface area contributed by atoms with E-state index in [4.69, 9.17) is 17.3 Å². The van der Waals surface area contributed by atoms with E-state index in [1.54, 1.807) is 11.3 Å². The molecule has 1 aromatic carbocycles. The third-order valence-corrected chi connectivity index (χ3v) is 3.30. The highest BCUT2D eigenvalue weighted by atomic mass is 35.5. The van der Waals surface area contributed by atoms with Gasteiger partial charge in [-0.3, -0.25) is 0 Å². The largest absolute Gasteiger partial charge is 0.326 e. The highest BCUT2D eigenvalue weighted by molar-refractivity contribution is 7.13. The normalized spacial score (nSPS) is 9.73. The van der Waals surface area contributed by atoms with Gasteiger partial charge in [0.2, 0.25) is 0 Å². The van der Waals surface area contributed by atoms with Crippen molar-refractivity contribution >= 4 is 35.3 Å². The van der Waals surface area contributed by atoms with Gasteiger partial charge in [-0.25, -0.2) is 0 Å². The lowest BCUT2D eigenvalue weighted by Gasteiger charge is -1.96. The van der Waals surface area contributed by atoms with Gasteiger partial charge in [0.25, 0.3) is 0 Å². The van der Waals surface area contributed by atoms with Crippen LogP contribution in [-0.4, -0.2) is 0 Å². The first kappa shape index (κ1) is 12.5. The lowest BCUT2D eigenvalue weighted by atomic mass is 10.2. The zero-order valence-electron chi connectivity index (χ0n) is 7.94. The molecule has 0 atom stereocenters. The fraction of sp³-hybridized carbons (Fsp3) is 0.0909. The van der Waals surface area contributed by atoms with Crippen molar-refractivity contribution < 1.29 is 0 Å². The predicted molar refractivity (Wildman–Crippen MR) is 69.9 cm³/mol. The van der Waals surface area contributed by atoms with Crippen LogP contribution in [0.5, 0.6) is 0 Å². The molecule has 1 nitrogen and oxygen atoms in total. The Balaban J connectivity index is 0.00000112. The summed E-state index contributed by atoms with van der Waals surface area (Å²) in [5.74, 6) is 0. The number of hydrogen-bond donors (Lipinski definition) is 1. The van der Waals surface area contributed by atoms with Gasteiger partial charge in [-0.15, -0.1) is 23.7 Å². The van der Waals surface area contributed by atoms with Gasteiger partial charge in [0.15, 0.2) is 0 Å². The molecule has 80 valence electrons. The number of hydrogen-bond acceptors (Lipinski definition) is 2. The molecule has 1 aromatic heterocycles.